The van der Waals surface area contributed by atoms with Gasteiger partial charge in [-0.05, 0) is 45.7 Å². The second-order valence-electron chi connectivity index (χ2n) is 9.80. The molecule has 0 amide bonds. The predicted octanol–water partition coefficient (Wildman–Crippen LogP) is 6.52. The first-order valence-electron chi connectivity index (χ1n) is 12.6. The van der Waals surface area contributed by atoms with E-state index < -0.39 is 10.0 Å². The van der Waals surface area contributed by atoms with Gasteiger partial charge in [0, 0.05) is 12.5 Å². The molecule has 0 bridgehead atoms. The Hall–Kier alpha value is -1.60. The number of unbranched alkanes of at least 4 members (excludes halogenated alkanes) is 12. The summed E-state index contributed by atoms with van der Waals surface area (Å²) in [7, 11) is -3.69. The van der Waals surface area contributed by atoms with Crippen LogP contribution in [0, 0.1) is 0 Å². The molecule has 0 spiro atoms. The molecule has 0 atom stereocenters. The number of benzene rings is 1. The van der Waals surface area contributed by atoms with Crippen LogP contribution >= 0.6 is 0 Å². The second kappa shape index (κ2) is 16.1. The Morgan fingerprint density at radius 3 is 1.79 bits per heavy atom. The van der Waals surface area contributed by atoms with E-state index in [2.05, 4.69) is 0 Å². The Balaban J connectivity index is 1.86. The third-order valence-electron chi connectivity index (χ3n) is 5.35. The van der Waals surface area contributed by atoms with Gasteiger partial charge < -0.3 is 9.47 Å². The minimum atomic E-state index is -3.69. The fourth-order valence-electron chi connectivity index (χ4n) is 3.64. The van der Waals surface area contributed by atoms with Crippen molar-refractivity contribution in [3.8, 4) is 5.75 Å². The largest absolute Gasteiger partial charge is 0.494 e. The Kier molecular flexibility index (Phi) is 14.4. The molecule has 0 aromatic heterocycles. The van der Waals surface area contributed by atoms with Crippen molar-refractivity contribution in [2.24, 2.45) is 5.14 Å². The van der Waals surface area contributed by atoms with Crippen molar-refractivity contribution < 1.29 is 22.7 Å². The van der Waals surface area contributed by atoms with E-state index in [1.807, 2.05) is 20.8 Å². The molecular weight excluding hydrogens is 438 g/mol. The van der Waals surface area contributed by atoms with Gasteiger partial charge in [-0.15, -0.1) is 0 Å². The van der Waals surface area contributed by atoms with Gasteiger partial charge in [0.15, 0.2) is 0 Å². The number of esters is 1. The zero-order valence-electron chi connectivity index (χ0n) is 20.9. The van der Waals surface area contributed by atoms with Gasteiger partial charge in [-0.2, -0.15) is 0 Å². The lowest BCUT2D eigenvalue weighted by Gasteiger charge is -2.19. The van der Waals surface area contributed by atoms with E-state index in [9.17, 15) is 13.2 Å². The monoisotopic (exact) mass is 483 g/mol. The summed E-state index contributed by atoms with van der Waals surface area (Å²) in [5.74, 6) is 0.467. The van der Waals surface area contributed by atoms with Gasteiger partial charge in [-0.1, -0.05) is 76.7 Å². The molecule has 7 heteroatoms. The lowest BCUT2D eigenvalue weighted by molar-refractivity contribution is -0.154. The molecule has 0 radical (unpaired) electrons. The third kappa shape index (κ3) is 16.6. The van der Waals surface area contributed by atoms with E-state index >= 15 is 0 Å². The van der Waals surface area contributed by atoms with Crippen molar-refractivity contribution in [3.05, 3.63) is 24.3 Å². The summed E-state index contributed by atoms with van der Waals surface area (Å²) in [6.07, 6.45) is 16.1. The van der Waals surface area contributed by atoms with E-state index in [1.165, 1.54) is 69.9 Å². The molecule has 2 N–H and O–H groups in total. The van der Waals surface area contributed by atoms with E-state index in [4.69, 9.17) is 14.6 Å². The lowest BCUT2D eigenvalue weighted by Crippen LogP contribution is -2.23. The van der Waals surface area contributed by atoms with E-state index in [0.717, 1.165) is 25.7 Å². The molecule has 1 aromatic rings. The number of ether oxygens (including phenoxy) is 2. The third-order valence-corrected chi connectivity index (χ3v) is 6.26. The number of hydrogen-bond acceptors (Lipinski definition) is 5. The SMILES string of the molecule is CC(C)(C)OC(=O)CCCCCCCCCCCCCCCOc1cccc(S(N)(=O)=O)c1. The van der Waals surface area contributed by atoms with Gasteiger partial charge in [0.25, 0.3) is 0 Å². The minimum absolute atomic E-state index is 0.0788. The molecule has 0 aliphatic carbocycles. The molecule has 1 aromatic carbocycles. The molecule has 190 valence electrons. The highest BCUT2D eigenvalue weighted by molar-refractivity contribution is 7.89. The maximum Gasteiger partial charge on any atom is 0.306 e. The van der Waals surface area contributed by atoms with Crippen LogP contribution in [0.5, 0.6) is 5.75 Å². The molecular formula is C26H45NO5S. The van der Waals surface area contributed by atoms with Crippen LogP contribution in [0.25, 0.3) is 0 Å². The van der Waals surface area contributed by atoms with Gasteiger partial charge >= 0.3 is 5.97 Å². The summed E-state index contributed by atoms with van der Waals surface area (Å²) in [6.45, 7) is 6.31. The summed E-state index contributed by atoms with van der Waals surface area (Å²) in [6, 6.07) is 6.33. The average Bonchev–Trinajstić information content (AvgIpc) is 2.71. The van der Waals surface area contributed by atoms with Crippen molar-refractivity contribution in [1.82, 2.24) is 0 Å². The smallest absolute Gasteiger partial charge is 0.306 e. The molecule has 0 aliphatic heterocycles. The molecule has 1 rings (SSSR count). The number of primary sulfonamides is 1. The van der Waals surface area contributed by atoms with Gasteiger partial charge in [-0.3, -0.25) is 4.79 Å². The molecule has 0 saturated heterocycles. The van der Waals surface area contributed by atoms with Crippen LogP contribution in [0.15, 0.2) is 29.2 Å². The van der Waals surface area contributed by atoms with Gasteiger partial charge in [-0.25, -0.2) is 13.6 Å². The summed E-state index contributed by atoms with van der Waals surface area (Å²) < 4.78 is 33.7. The standard InChI is InChI=1S/C26H45NO5S/c1-26(2,3)32-25(28)20-15-13-11-9-7-5-4-6-8-10-12-14-16-21-31-23-18-17-19-24(22-23)33(27,29)30/h17-19,22H,4-16,20-21H2,1-3H3,(H2,27,29,30). The number of sulfonamides is 1. The molecule has 0 heterocycles. The second-order valence-corrected chi connectivity index (χ2v) is 11.4. The molecule has 33 heavy (non-hydrogen) atoms. The molecule has 0 fully saturated rings. The summed E-state index contributed by atoms with van der Waals surface area (Å²) in [5, 5.41) is 5.14. The first-order valence-corrected chi connectivity index (χ1v) is 14.1. The molecule has 0 aliphatic rings. The maximum atomic E-state index is 11.6. The van der Waals surface area contributed by atoms with Gasteiger partial charge in [0.05, 0.1) is 11.5 Å². The first-order chi connectivity index (χ1) is 15.6. The number of rotatable bonds is 18. The van der Waals surface area contributed by atoms with E-state index in [-0.39, 0.29) is 16.5 Å². The first kappa shape index (κ1) is 29.4. The topological polar surface area (TPSA) is 95.7 Å². The highest BCUT2D eigenvalue weighted by Gasteiger charge is 2.15. The van der Waals surface area contributed by atoms with Crippen LogP contribution in [-0.2, 0) is 19.6 Å². The molecule has 0 saturated carbocycles. The quantitative estimate of drug-likeness (QED) is 0.189. The Morgan fingerprint density at radius 1 is 0.818 bits per heavy atom. The van der Waals surface area contributed by atoms with Crippen LogP contribution in [-0.4, -0.2) is 26.6 Å². The van der Waals surface area contributed by atoms with E-state index in [1.54, 1.807) is 12.1 Å². The van der Waals surface area contributed by atoms with Crippen LogP contribution in [0.3, 0.4) is 0 Å². The van der Waals surface area contributed by atoms with E-state index in [0.29, 0.717) is 18.8 Å². The lowest BCUT2D eigenvalue weighted by atomic mass is 10.0. The fraction of sp³-hybridized carbons (Fsp3) is 0.731. The zero-order valence-corrected chi connectivity index (χ0v) is 21.8. The summed E-state index contributed by atoms with van der Waals surface area (Å²) >= 11 is 0. The average molecular weight is 484 g/mol. The maximum absolute atomic E-state index is 11.6. The van der Waals surface area contributed by atoms with Crippen LogP contribution in [0.2, 0.25) is 0 Å². The highest BCUT2D eigenvalue weighted by atomic mass is 32.2. The Morgan fingerprint density at radius 2 is 1.30 bits per heavy atom. The Labute approximate surface area is 201 Å². The zero-order chi connectivity index (χ0) is 24.6. The predicted molar refractivity (Wildman–Crippen MR) is 134 cm³/mol. The molecule has 6 nitrogen and oxygen atoms in total. The normalized spacial score (nSPS) is 12.0. The number of carbonyl (C=O) groups excluding carboxylic acids is 1. The summed E-state index contributed by atoms with van der Waals surface area (Å²) in [4.78, 5) is 11.7. The van der Waals surface area contributed by atoms with Crippen LogP contribution < -0.4 is 9.88 Å². The van der Waals surface area contributed by atoms with Crippen molar-refractivity contribution in [2.75, 3.05) is 6.61 Å². The fourth-order valence-corrected chi connectivity index (χ4v) is 4.19. The van der Waals surface area contributed by atoms with Crippen molar-refractivity contribution >= 4 is 16.0 Å². The summed E-state index contributed by atoms with van der Waals surface area (Å²) in [5.41, 5.74) is -0.377. The van der Waals surface area contributed by atoms with Crippen molar-refractivity contribution in [2.45, 2.75) is 121 Å². The Bertz CT molecular complexity index is 771. The molecule has 0 unspecified atom stereocenters. The number of nitrogens with two attached hydrogens (primary N) is 1. The van der Waals surface area contributed by atoms with Crippen LogP contribution in [0.1, 0.15) is 111 Å². The number of carbonyl (C=O) groups is 1. The minimum Gasteiger partial charge on any atom is -0.494 e. The van der Waals surface area contributed by atoms with Crippen LogP contribution in [0.4, 0.5) is 0 Å². The van der Waals surface area contributed by atoms with Crippen molar-refractivity contribution in [1.29, 1.82) is 0 Å². The highest BCUT2D eigenvalue weighted by Crippen LogP contribution is 2.17. The number of hydrogen-bond donors (Lipinski definition) is 1. The van der Waals surface area contributed by atoms with Gasteiger partial charge in [0.1, 0.15) is 11.4 Å². The van der Waals surface area contributed by atoms with Gasteiger partial charge in [0.2, 0.25) is 10.0 Å². The van der Waals surface area contributed by atoms with Crippen molar-refractivity contribution in [3.63, 3.8) is 0 Å².